The zero-order valence-electron chi connectivity index (χ0n) is 22.0. The number of thiophene rings is 2. The van der Waals surface area contributed by atoms with Gasteiger partial charge in [-0.1, -0.05) is 60.7 Å². The largest absolute Gasteiger partial charge is 0.456 e. The lowest BCUT2D eigenvalue weighted by molar-refractivity contribution is 0.660. The molecule has 196 valence electrons. The SMILES string of the molecule is O=c1c2ccccc2oc2cc3c(cc12)sc1c(-n2c4ccccc4c4c5c(ccc42)sc2ccccc25)cccc13. The molecule has 0 aliphatic heterocycles. The molecule has 6 aromatic carbocycles. The fourth-order valence-electron chi connectivity index (χ4n) is 6.79. The van der Waals surface area contributed by atoms with E-state index in [-0.39, 0.29) is 5.43 Å². The molecule has 0 saturated carbocycles. The van der Waals surface area contributed by atoms with E-state index < -0.39 is 0 Å². The monoisotopic (exact) mass is 573 g/mol. The van der Waals surface area contributed by atoms with Crippen LogP contribution < -0.4 is 5.43 Å². The third kappa shape index (κ3) is 2.86. The summed E-state index contributed by atoms with van der Waals surface area (Å²) in [6.07, 6.45) is 0. The van der Waals surface area contributed by atoms with E-state index in [4.69, 9.17) is 4.42 Å². The zero-order valence-corrected chi connectivity index (χ0v) is 23.7. The van der Waals surface area contributed by atoms with Gasteiger partial charge in [0, 0.05) is 46.4 Å². The highest BCUT2D eigenvalue weighted by Crippen LogP contribution is 2.45. The van der Waals surface area contributed by atoms with Crippen molar-refractivity contribution < 1.29 is 4.42 Å². The Balaban J connectivity index is 1.34. The molecule has 3 nitrogen and oxygen atoms in total. The molecule has 0 aliphatic rings. The standard InChI is InChI=1S/C37H19NO2S2/c39-36-22-9-2-5-14-29(22)40-30-18-24-20-11-7-13-28(37(20)42-33(24)19-25(30)36)38-26-12-4-1-8-21(26)34-27(38)16-17-32-35(34)23-10-3-6-15-31(23)41-32/h1-19H. The average molecular weight is 574 g/mol. The molecule has 0 aliphatic carbocycles. The molecular weight excluding hydrogens is 555 g/mol. The molecule has 0 fully saturated rings. The summed E-state index contributed by atoms with van der Waals surface area (Å²) in [5, 5.41) is 8.70. The van der Waals surface area contributed by atoms with E-state index in [1.165, 1.54) is 46.7 Å². The Hall–Kier alpha value is -4.97. The summed E-state index contributed by atoms with van der Waals surface area (Å²) in [5.41, 5.74) is 4.79. The molecular formula is C37H19NO2S2. The van der Waals surface area contributed by atoms with Gasteiger partial charge in [-0.2, -0.15) is 0 Å². The predicted octanol–water partition coefficient (Wildman–Crippen LogP) is 10.8. The molecule has 5 heteroatoms. The summed E-state index contributed by atoms with van der Waals surface area (Å²) in [4.78, 5) is 13.4. The Bertz CT molecular complexity index is 2830. The third-order valence-corrected chi connectivity index (χ3v) is 10.9. The Morgan fingerprint density at radius 3 is 2.21 bits per heavy atom. The number of rotatable bonds is 1. The molecule has 10 rings (SSSR count). The van der Waals surface area contributed by atoms with Crippen molar-refractivity contribution in [2.24, 2.45) is 0 Å². The van der Waals surface area contributed by atoms with Gasteiger partial charge in [0.1, 0.15) is 11.2 Å². The summed E-state index contributed by atoms with van der Waals surface area (Å²) in [5.74, 6) is 0. The van der Waals surface area contributed by atoms with Crippen LogP contribution in [0.1, 0.15) is 0 Å². The van der Waals surface area contributed by atoms with Crippen molar-refractivity contribution in [1.82, 2.24) is 4.57 Å². The molecule has 0 spiro atoms. The van der Waals surface area contributed by atoms with E-state index in [2.05, 4.69) is 83.4 Å². The minimum absolute atomic E-state index is 0.0147. The number of benzene rings is 6. The second kappa shape index (κ2) is 8.07. The lowest BCUT2D eigenvalue weighted by atomic mass is 10.1. The quantitative estimate of drug-likeness (QED) is 0.183. The van der Waals surface area contributed by atoms with E-state index in [1.807, 2.05) is 47.7 Å². The van der Waals surface area contributed by atoms with Crippen LogP contribution in [0.25, 0.3) is 89.8 Å². The minimum atomic E-state index is 0.0147. The first-order valence-electron chi connectivity index (χ1n) is 13.9. The third-order valence-electron chi connectivity index (χ3n) is 8.59. The van der Waals surface area contributed by atoms with Crippen molar-refractivity contribution >= 4 is 107 Å². The molecule has 0 N–H and O–H groups in total. The first-order valence-corrected chi connectivity index (χ1v) is 15.5. The van der Waals surface area contributed by atoms with Crippen LogP contribution >= 0.6 is 22.7 Å². The Kier molecular flexibility index (Phi) is 4.36. The van der Waals surface area contributed by atoms with Crippen LogP contribution in [0.15, 0.2) is 124 Å². The van der Waals surface area contributed by atoms with Gasteiger partial charge >= 0.3 is 0 Å². The number of aromatic nitrogens is 1. The number of hydrogen-bond donors (Lipinski definition) is 0. The van der Waals surface area contributed by atoms with Crippen LogP contribution in [0.4, 0.5) is 0 Å². The maximum absolute atomic E-state index is 13.4. The summed E-state index contributed by atoms with van der Waals surface area (Å²) in [7, 11) is 0. The topological polar surface area (TPSA) is 35.1 Å². The van der Waals surface area contributed by atoms with Crippen molar-refractivity contribution in [1.29, 1.82) is 0 Å². The molecule has 0 unspecified atom stereocenters. The average Bonchev–Trinajstić information content (AvgIpc) is 3.69. The van der Waals surface area contributed by atoms with E-state index >= 15 is 0 Å². The Labute approximate surface area is 246 Å². The summed E-state index contributed by atoms with van der Waals surface area (Å²) >= 11 is 3.60. The molecule has 0 amide bonds. The van der Waals surface area contributed by atoms with Gasteiger partial charge in [-0.05, 0) is 54.6 Å². The normalized spacial score (nSPS) is 12.4. The highest BCUT2D eigenvalue weighted by molar-refractivity contribution is 7.26. The van der Waals surface area contributed by atoms with Gasteiger partial charge in [0.15, 0.2) is 0 Å². The molecule has 4 heterocycles. The number of fused-ring (bicyclic) bond motifs is 12. The van der Waals surface area contributed by atoms with E-state index in [1.54, 1.807) is 11.3 Å². The van der Waals surface area contributed by atoms with Gasteiger partial charge in [0.05, 0.1) is 32.2 Å². The van der Waals surface area contributed by atoms with Crippen LogP contribution in [0.2, 0.25) is 0 Å². The summed E-state index contributed by atoms with van der Waals surface area (Å²) in [6, 6.07) is 40.1. The van der Waals surface area contributed by atoms with E-state index in [0.29, 0.717) is 21.9 Å². The van der Waals surface area contributed by atoms with Crippen molar-refractivity contribution in [3.05, 3.63) is 125 Å². The smallest absolute Gasteiger partial charge is 0.200 e. The van der Waals surface area contributed by atoms with E-state index in [9.17, 15) is 4.79 Å². The van der Waals surface area contributed by atoms with Gasteiger partial charge in [0.25, 0.3) is 0 Å². The fraction of sp³-hybridized carbons (Fsp3) is 0. The highest BCUT2D eigenvalue weighted by atomic mass is 32.1. The number of nitrogens with zero attached hydrogens (tertiary/aromatic N) is 1. The van der Waals surface area contributed by atoms with Crippen molar-refractivity contribution in [2.75, 3.05) is 0 Å². The summed E-state index contributed by atoms with van der Waals surface area (Å²) in [6.45, 7) is 0. The lowest BCUT2D eigenvalue weighted by Crippen LogP contribution is -2.01. The van der Waals surface area contributed by atoms with Crippen molar-refractivity contribution in [3.8, 4) is 5.69 Å². The van der Waals surface area contributed by atoms with E-state index in [0.717, 1.165) is 21.2 Å². The maximum atomic E-state index is 13.4. The molecule has 42 heavy (non-hydrogen) atoms. The molecule has 10 aromatic rings. The highest BCUT2D eigenvalue weighted by Gasteiger charge is 2.20. The second-order valence-corrected chi connectivity index (χ2v) is 12.9. The molecule has 0 saturated heterocycles. The van der Waals surface area contributed by atoms with Gasteiger partial charge in [0.2, 0.25) is 5.43 Å². The maximum Gasteiger partial charge on any atom is 0.200 e. The second-order valence-electron chi connectivity index (χ2n) is 10.8. The summed E-state index contributed by atoms with van der Waals surface area (Å²) < 4.78 is 13.6. The fourth-order valence-corrected chi connectivity index (χ4v) is 9.13. The van der Waals surface area contributed by atoms with Crippen LogP contribution in [0.5, 0.6) is 0 Å². The molecule has 0 bridgehead atoms. The van der Waals surface area contributed by atoms with Gasteiger partial charge in [-0.15, -0.1) is 22.7 Å². The molecule has 0 atom stereocenters. The zero-order chi connectivity index (χ0) is 27.5. The van der Waals surface area contributed by atoms with Crippen LogP contribution in [-0.4, -0.2) is 4.57 Å². The number of para-hydroxylation sites is 2. The Morgan fingerprint density at radius 1 is 0.500 bits per heavy atom. The molecule has 0 radical (unpaired) electrons. The van der Waals surface area contributed by atoms with Gasteiger partial charge in [-0.25, -0.2) is 0 Å². The first kappa shape index (κ1) is 22.7. The van der Waals surface area contributed by atoms with Gasteiger partial charge < -0.3 is 8.98 Å². The van der Waals surface area contributed by atoms with Gasteiger partial charge in [-0.3, -0.25) is 4.79 Å². The lowest BCUT2D eigenvalue weighted by Gasteiger charge is -2.09. The predicted molar refractivity (Wildman–Crippen MR) is 180 cm³/mol. The Morgan fingerprint density at radius 2 is 1.29 bits per heavy atom. The minimum Gasteiger partial charge on any atom is -0.456 e. The van der Waals surface area contributed by atoms with Crippen molar-refractivity contribution in [3.63, 3.8) is 0 Å². The molecule has 4 aromatic heterocycles. The van der Waals surface area contributed by atoms with Crippen LogP contribution in [0, 0.1) is 0 Å². The van der Waals surface area contributed by atoms with Crippen LogP contribution in [0.3, 0.4) is 0 Å². The van der Waals surface area contributed by atoms with Crippen molar-refractivity contribution in [2.45, 2.75) is 0 Å². The number of hydrogen-bond acceptors (Lipinski definition) is 4. The van der Waals surface area contributed by atoms with Crippen LogP contribution in [-0.2, 0) is 0 Å². The first-order chi connectivity index (χ1) is 20.7.